The summed E-state index contributed by atoms with van der Waals surface area (Å²) in [5.74, 6) is 0.925. The summed E-state index contributed by atoms with van der Waals surface area (Å²) >= 11 is 0. The smallest absolute Gasteiger partial charge is 0.190 e. The summed E-state index contributed by atoms with van der Waals surface area (Å²) in [5.41, 5.74) is 0. The molecule has 0 spiro atoms. The minimum atomic E-state index is 0.925. The van der Waals surface area contributed by atoms with Crippen LogP contribution in [0.2, 0.25) is 0 Å². The molecular weight excluding hydrogens is 224 g/mol. The van der Waals surface area contributed by atoms with Crippen LogP contribution in [0.1, 0.15) is 46.5 Å². The molecule has 18 heavy (non-hydrogen) atoms. The van der Waals surface area contributed by atoms with E-state index in [9.17, 15) is 0 Å². The standard InChI is InChI=1S/C14H32N4/c1-5-9-16-14(15-4)17-10-8-13-18(11-6-2)12-7-3/h5-13H2,1-4H3,(H2,15,16,17). The number of hydrogen-bond acceptors (Lipinski definition) is 2. The molecule has 0 fully saturated rings. The molecule has 0 aromatic rings. The van der Waals surface area contributed by atoms with Gasteiger partial charge in [0, 0.05) is 20.1 Å². The van der Waals surface area contributed by atoms with Crippen molar-refractivity contribution in [2.24, 2.45) is 4.99 Å². The SMILES string of the molecule is CCCNC(=NC)NCCCN(CCC)CCC. The third-order valence-electron chi connectivity index (χ3n) is 2.79. The number of guanidine groups is 1. The zero-order chi connectivity index (χ0) is 13.6. The summed E-state index contributed by atoms with van der Waals surface area (Å²) in [5, 5.41) is 6.64. The van der Waals surface area contributed by atoms with Crippen molar-refractivity contribution >= 4 is 5.96 Å². The van der Waals surface area contributed by atoms with Crippen LogP contribution in [0, 0.1) is 0 Å². The third-order valence-corrected chi connectivity index (χ3v) is 2.79. The van der Waals surface area contributed by atoms with Gasteiger partial charge in [-0.3, -0.25) is 4.99 Å². The van der Waals surface area contributed by atoms with Crippen LogP contribution < -0.4 is 10.6 Å². The Kier molecular flexibility index (Phi) is 12.1. The topological polar surface area (TPSA) is 39.7 Å². The second-order valence-corrected chi connectivity index (χ2v) is 4.62. The van der Waals surface area contributed by atoms with Gasteiger partial charge in [-0.05, 0) is 45.3 Å². The quantitative estimate of drug-likeness (QED) is 0.357. The van der Waals surface area contributed by atoms with Gasteiger partial charge in [0.2, 0.25) is 0 Å². The van der Waals surface area contributed by atoms with Crippen molar-refractivity contribution in [2.45, 2.75) is 46.5 Å². The third kappa shape index (κ3) is 9.28. The lowest BCUT2D eigenvalue weighted by molar-refractivity contribution is 0.271. The van der Waals surface area contributed by atoms with Gasteiger partial charge in [0.15, 0.2) is 5.96 Å². The van der Waals surface area contributed by atoms with E-state index in [2.05, 4.69) is 41.3 Å². The lowest BCUT2D eigenvalue weighted by atomic mass is 10.3. The summed E-state index contributed by atoms with van der Waals surface area (Å²) < 4.78 is 0. The Bertz CT molecular complexity index is 198. The Morgan fingerprint density at radius 1 is 0.889 bits per heavy atom. The van der Waals surface area contributed by atoms with E-state index in [0.29, 0.717) is 0 Å². The van der Waals surface area contributed by atoms with Crippen LogP contribution >= 0.6 is 0 Å². The molecule has 0 aliphatic rings. The molecular formula is C14H32N4. The van der Waals surface area contributed by atoms with E-state index >= 15 is 0 Å². The lowest BCUT2D eigenvalue weighted by Gasteiger charge is -2.21. The number of hydrogen-bond donors (Lipinski definition) is 2. The first-order valence-corrected chi connectivity index (χ1v) is 7.45. The van der Waals surface area contributed by atoms with Gasteiger partial charge in [0.05, 0.1) is 0 Å². The molecule has 0 aromatic carbocycles. The summed E-state index contributed by atoms with van der Waals surface area (Å²) in [4.78, 5) is 6.74. The van der Waals surface area contributed by atoms with Crippen LogP contribution in [0.4, 0.5) is 0 Å². The van der Waals surface area contributed by atoms with Crippen molar-refractivity contribution in [3.63, 3.8) is 0 Å². The van der Waals surface area contributed by atoms with Crippen molar-refractivity contribution in [2.75, 3.05) is 39.8 Å². The molecule has 0 bridgehead atoms. The van der Waals surface area contributed by atoms with E-state index in [1.165, 1.54) is 38.9 Å². The second kappa shape index (κ2) is 12.7. The maximum Gasteiger partial charge on any atom is 0.190 e. The van der Waals surface area contributed by atoms with E-state index in [1.807, 2.05) is 7.05 Å². The monoisotopic (exact) mass is 256 g/mol. The minimum absolute atomic E-state index is 0.925. The van der Waals surface area contributed by atoms with E-state index in [4.69, 9.17) is 0 Å². The molecule has 0 unspecified atom stereocenters. The average molecular weight is 256 g/mol. The van der Waals surface area contributed by atoms with Crippen molar-refractivity contribution in [1.82, 2.24) is 15.5 Å². The number of rotatable bonds is 10. The van der Waals surface area contributed by atoms with E-state index in [1.54, 1.807) is 0 Å². The fraction of sp³-hybridized carbons (Fsp3) is 0.929. The van der Waals surface area contributed by atoms with Crippen molar-refractivity contribution in [1.29, 1.82) is 0 Å². The predicted octanol–water partition coefficient (Wildman–Crippen LogP) is 2.07. The van der Waals surface area contributed by atoms with Gasteiger partial charge >= 0.3 is 0 Å². The Balaban J connectivity index is 3.68. The molecule has 0 atom stereocenters. The number of nitrogens with one attached hydrogen (secondary N) is 2. The Morgan fingerprint density at radius 3 is 2.00 bits per heavy atom. The second-order valence-electron chi connectivity index (χ2n) is 4.62. The Hall–Kier alpha value is -0.770. The molecule has 0 rings (SSSR count). The molecule has 0 amide bonds. The molecule has 2 N–H and O–H groups in total. The molecule has 0 saturated heterocycles. The van der Waals surface area contributed by atoms with Crippen LogP contribution in [0.5, 0.6) is 0 Å². The first-order chi connectivity index (χ1) is 8.78. The molecule has 0 aliphatic carbocycles. The Morgan fingerprint density at radius 2 is 1.50 bits per heavy atom. The first-order valence-electron chi connectivity index (χ1n) is 7.45. The molecule has 4 nitrogen and oxygen atoms in total. The molecule has 108 valence electrons. The normalized spacial score (nSPS) is 11.9. The summed E-state index contributed by atoms with van der Waals surface area (Å²) in [7, 11) is 1.82. The van der Waals surface area contributed by atoms with Crippen LogP contribution in [-0.4, -0.2) is 50.6 Å². The molecule has 0 aromatic heterocycles. The van der Waals surface area contributed by atoms with E-state index in [0.717, 1.165) is 25.5 Å². The summed E-state index contributed by atoms with van der Waals surface area (Å²) in [6.07, 6.45) is 4.79. The largest absolute Gasteiger partial charge is 0.356 e. The lowest BCUT2D eigenvalue weighted by Crippen LogP contribution is -2.39. The first kappa shape index (κ1) is 17.2. The highest BCUT2D eigenvalue weighted by Crippen LogP contribution is 1.95. The summed E-state index contributed by atoms with van der Waals surface area (Å²) in [6.45, 7) is 12.3. The van der Waals surface area contributed by atoms with Crippen LogP contribution in [-0.2, 0) is 0 Å². The van der Waals surface area contributed by atoms with Gasteiger partial charge < -0.3 is 15.5 Å². The minimum Gasteiger partial charge on any atom is -0.356 e. The van der Waals surface area contributed by atoms with E-state index in [-0.39, 0.29) is 0 Å². The molecule has 0 saturated carbocycles. The van der Waals surface area contributed by atoms with Crippen LogP contribution in [0.25, 0.3) is 0 Å². The highest BCUT2D eigenvalue weighted by Gasteiger charge is 2.02. The van der Waals surface area contributed by atoms with Gasteiger partial charge in [-0.2, -0.15) is 0 Å². The van der Waals surface area contributed by atoms with Gasteiger partial charge in [0.1, 0.15) is 0 Å². The molecule has 0 radical (unpaired) electrons. The highest BCUT2D eigenvalue weighted by molar-refractivity contribution is 5.79. The average Bonchev–Trinajstić information content (AvgIpc) is 2.38. The van der Waals surface area contributed by atoms with E-state index < -0.39 is 0 Å². The van der Waals surface area contributed by atoms with Gasteiger partial charge in [-0.15, -0.1) is 0 Å². The highest BCUT2D eigenvalue weighted by atomic mass is 15.2. The van der Waals surface area contributed by atoms with Gasteiger partial charge in [0.25, 0.3) is 0 Å². The number of nitrogens with zero attached hydrogens (tertiary/aromatic N) is 2. The van der Waals surface area contributed by atoms with Crippen LogP contribution in [0.3, 0.4) is 0 Å². The Labute approximate surface area is 113 Å². The van der Waals surface area contributed by atoms with Gasteiger partial charge in [-0.25, -0.2) is 0 Å². The predicted molar refractivity (Wildman–Crippen MR) is 81.3 cm³/mol. The maximum atomic E-state index is 4.20. The fourth-order valence-corrected chi connectivity index (χ4v) is 1.94. The number of aliphatic imine (C=N–C) groups is 1. The maximum absolute atomic E-state index is 4.20. The fourth-order valence-electron chi connectivity index (χ4n) is 1.94. The molecule has 4 heteroatoms. The zero-order valence-electron chi connectivity index (χ0n) is 12.8. The van der Waals surface area contributed by atoms with Crippen LogP contribution in [0.15, 0.2) is 4.99 Å². The summed E-state index contributed by atoms with van der Waals surface area (Å²) in [6, 6.07) is 0. The molecule has 0 aliphatic heterocycles. The van der Waals surface area contributed by atoms with Crippen molar-refractivity contribution in [3.8, 4) is 0 Å². The molecule has 0 heterocycles. The van der Waals surface area contributed by atoms with Crippen molar-refractivity contribution in [3.05, 3.63) is 0 Å². The van der Waals surface area contributed by atoms with Gasteiger partial charge in [-0.1, -0.05) is 20.8 Å². The van der Waals surface area contributed by atoms with Crippen molar-refractivity contribution < 1.29 is 0 Å². The zero-order valence-corrected chi connectivity index (χ0v) is 12.8.